The summed E-state index contributed by atoms with van der Waals surface area (Å²) in [4.78, 5) is 13.8. The van der Waals surface area contributed by atoms with Crippen molar-refractivity contribution in [2.75, 3.05) is 0 Å². The summed E-state index contributed by atoms with van der Waals surface area (Å²) in [5.74, 6) is 0.659. The van der Waals surface area contributed by atoms with E-state index in [2.05, 4.69) is 20.5 Å². The van der Waals surface area contributed by atoms with Gasteiger partial charge in [0, 0.05) is 0 Å². The molecule has 1 unspecified atom stereocenters. The first kappa shape index (κ1) is 6.73. The topological polar surface area (TPSA) is 70.7 Å². The number of hydrogen-bond acceptors (Lipinski definition) is 3. The molecule has 0 aromatic carbocycles. The normalized spacial score (nSPS) is 12.5. The lowest BCUT2D eigenvalue weighted by atomic mass is 10.3. The quantitative estimate of drug-likeness (QED) is 0.562. The molecule has 0 fully saturated rings. The number of amides is 1. The predicted molar refractivity (Wildman–Crippen MR) is 34.0 cm³/mol. The van der Waals surface area contributed by atoms with Crippen molar-refractivity contribution < 1.29 is 4.79 Å². The molecule has 0 aliphatic rings. The number of nitrogens with zero attached hydrogens (tertiary/aromatic N) is 2. The fourth-order valence-electron chi connectivity index (χ4n) is 0.605. The summed E-state index contributed by atoms with van der Waals surface area (Å²) in [5, 5.41) is 8.81. The van der Waals surface area contributed by atoms with Gasteiger partial charge >= 0.3 is 0 Å². The fourth-order valence-corrected chi connectivity index (χ4v) is 0.605. The molecular formula is C5H8N4O. The molecule has 0 spiro atoms. The van der Waals surface area contributed by atoms with Crippen LogP contribution in [0.25, 0.3) is 0 Å². The Morgan fingerprint density at radius 3 is 3.20 bits per heavy atom. The van der Waals surface area contributed by atoms with Crippen LogP contribution >= 0.6 is 0 Å². The number of aromatic amines is 1. The number of carbonyl (C=O) groups excluding carboxylic acids is 1. The lowest BCUT2D eigenvalue weighted by Gasteiger charge is -2.03. The van der Waals surface area contributed by atoms with E-state index < -0.39 is 0 Å². The molecule has 1 aromatic heterocycles. The number of aromatic nitrogens is 3. The standard InChI is InChI=1S/C5H8N4O/c1-4(7-3-10)5-6-2-8-9-5/h2-4H,1H3,(H,7,10)(H,6,8,9). The average molecular weight is 140 g/mol. The summed E-state index contributed by atoms with van der Waals surface area (Å²) in [6, 6.07) is -0.0972. The van der Waals surface area contributed by atoms with E-state index in [-0.39, 0.29) is 6.04 Å². The first-order valence-corrected chi connectivity index (χ1v) is 2.89. The number of carbonyl (C=O) groups is 1. The minimum absolute atomic E-state index is 0.0972. The van der Waals surface area contributed by atoms with E-state index in [9.17, 15) is 4.79 Å². The smallest absolute Gasteiger partial charge is 0.207 e. The highest BCUT2D eigenvalue weighted by atomic mass is 16.1. The van der Waals surface area contributed by atoms with Gasteiger partial charge in [-0.05, 0) is 6.92 Å². The van der Waals surface area contributed by atoms with Gasteiger partial charge in [-0.2, -0.15) is 5.10 Å². The fraction of sp³-hybridized carbons (Fsp3) is 0.400. The molecule has 1 heterocycles. The molecule has 5 heteroatoms. The van der Waals surface area contributed by atoms with Crippen molar-refractivity contribution in [2.24, 2.45) is 0 Å². The van der Waals surface area contributed by atoms with E-state index in [1.54, 1.807) is 0 Å². The number of hydrogen-bond donors (Lipinski definition) is 2. The van der Waals surface area contributed by atoms with Gasteiger partial charge in [-0.15, -0.1) is 0 Å². The number of rotatable bonds is 3. The Morgan fingerprint density at radius 2 is 2.70 bits per heavy atom. The summed E-state index contributed by atoms with van der Waals surface area (Å²) in [6.07, 6.45) is 2.03. The van der Waals surface area contributed by atoms with Gasteiger partial charge in [0.2, 0.25) is 6.41 Å². The maximum absolute atomic E-state index is 9.94. The Kier molecular flexibility index (Phi) is 1.99. The summed E-state index contributed by atoms with van der Waals surface area (Å²) < 4.78 is 0. The zero-order valence-corrected chi connectivity index (χ0v) is 5.53. The lowest BCUT2D eigenvalue weighted by Crippen LogP contribution is -2.17. The Bertz CT molecular complexity index is 195. The molecule has 0 saturated heterocycles. The van der Waals surface area contributed by atoms with E-state index in [1.807, 2.05) is 6.92 Å². The number of H-pyrrole nitrogens is 1. The molecule has 1 atom stereocenters. The summed E-state index contributed by atoms with van der Waals surface area (Å²) >= 11 is 0. The highest BCUT2D eigenvalue weighted by Gasteiger charge is 2.04. The Balaban J connectivity index is 2.58. The maximum Gasteiger partial charge on any atom is 0.207 e. The molecule has 5 nitrogen and oxygen atoms in total. The van der Waals surface area contributed by atoms with Crippen LogP contribution in [0.15, 0.2) is 6.33 Å². The van der Waals surface area contributed by atoms with Crippen molar-refractivity contribution in [3.8, 4) is 0 Å². The van der Waals surface area contributed by atoms with Gasteiger partial charge in [0.1, 0.15) is 12.2 Å². The van der Waals surface area contributed by atoms with Crippen molar-refractivity contribution in [1.82, 2.24) is 20.5 Å². The molecule has 54 valence electrons. The third-order valence-corrected chi connectivity index (χ3v) is 1.16. The van der Waals surface area contributed by atoms with Crippen LogP contribution in [-0.2, 0) is 4.79 Å². The summed E-state index contributed by atoms with van der Waals surface area (Å²) in [6.45, 7) is 1.81. The first-order valence-electron chi connectivity index (χ1n) is 2.89. The highest BCUT2D eigenvalue weighted by Crippen LogP contribution is 2.01. The van der Waals surface area contributed by atoms with Crippen LogP contribution in [0.1, 0.15) is 18.8 Å². The SMILES string of the molecule is CC(NC=O)c1ncn[nH]1. The van der Waals surface area contributed by atoms with Gasteiger partial charge in [-0.25, -0.2) is 4.98 Å². The van der Waals surface area contributed by atoms with Crippen molar-refractivity contribution in [1.29, 1.82) is 0 Å². The van der Waals surface area contributed by atoms with Gasteiger partial charge in [0.05, 0.1) is 6.04 Å². The van der Waals surface area contributed by atoms with Crippen molar-refractivity contribution in [2.45, 2.75) is 13.0 Å². The Labute approximate surface area is 57.9 Å². The Morgan fingerprint density at radius 1 is 1.90 bits per heavy atom. The van der Waals surface area contributed by atoms with E-state index in [0.717, 1.165) is 0 Å². The molecular weight excluding hydrogens is 132 g/mol. The zero-order valence-electron chi connectivity index (χ0n) is 5.53. The van der Waals surface area contributed by atoms with Crippen LogP contribution in [-0.4, -0.2) is 21.6 Å². The molecule has 0 radical (unpaired) electrons. The second-order valence-corrected chi connectivity index (χ2v) is 1.88. The van der Waals surface area contributed by atoms with Crippen molar-refractivity contribution >= 4 is 6.41 Å². The molecule has 1 aromatic rings. The van der Waals surface area contributed by atoms with Gasteiger partial charge in [0.25, 0.3) is 0 Å². The minimum Gasteiger partial charge on any atom is -0.349 e. The third-order valence-electron chi connectivity index (χ3n) is 1.16. The lowest BCUT2D eigenvalue weighted by molar-refractivity contribution is -0.110. The minimum atomic E-state index is -0.0972. The zero-order chi connectivity index (χ0) is 7.40. The van der Waals surface area contributed by atoms with Crippen LogP contribution in [0.4, 0.5) is 0 Å². The molecule has 2 N–H and O–H groups in total. The highest BCUT2D eigenvalue weighted by molar-refractivity contribution is 5.46. The van der Waals surface area contributed by atoms with E-state index >= 15 is 0 Å². The van der Waals surface area contributed by atoms with Crippen molar-refractivity contribution in [3.63, 3.8) is 0 Å². The third kappa shape index (κ3) is 1.31. The van der Waals surface area contributed by atoms with E-state index in [4.69, 9.17) is 0 Å². The van der Waals surface area contributed by atoms with E-state index in [1.165, 1.54) is 6.33 Å². The summed E-state index contributed by atoms with van der Waals surface area (Å²) in [5.41, 5.74) is 0. The van der Waals surface area contributed by atoms with Crippen LogP contribution in [0.2, 0.25) is 0 Å². The van der Waals surface area contributed by atoms with Crippen LogP contribution in [0.3, 0.4) is 0 Å². The van der Waals surface area contributed by atoms with Crippen LogP contribution < -0.4 is 5.32 Å². The first-order chi connectivity index (χ1) is 4.84. The monoisotopic (exact) mass is 140 g/mol. The van der Waals surface area contributed by atoms with E-state index in [0.29, 0.717) is 12.2 Å². The maximum atomic E-state index is 9.94. The molecule has 0 saturated carbocycles. The Hall–Kier alpha value is -1.39. The predicted octanol–water partition coefficient (Wildman–Crippen LogP) is -0.388. The largest absolute Gasteiger partial charge is 0.349 e. The van der Waals surface area contributed by atoms with Gasteiger partial charge < -0.3 is 5.32 Å². The molecule has 1 rings (SSSR count). The molecule has 0 aliphatic heterocycles. The van der Waals surface area contributed by atoms with Crippen LogP contribution in [0.5, 0.6) is 0 Å². The molecule has 0 bridgehead atoms. The van der Waals surface area contributed by atoms with Gasteiger partial charge in [0.15, 0.2) is 0 Å². The van der Waals surface area contributed by atoms with Gasteiger partial charge in [-0.1, -0.05) is 0 Å². The molecule has 0 aliphatic carbocycles. The van der Waals surface area contributed by atoms with Gasteiger partial charge in [-0.3, -0.25) is 9.89 Å². The van der Waals surface area contributed by atoms with Crippen molar-refractivity contribution in [3.05, 3.63) is 12.2 Å². The molecule has 1 amide bonds. The second-order valence-electron chi connectivity index (χ2n) is 1.88. The summed E-state index contributed by atoms with van der Waals surface area (Å²) in [7, 11) is 0. The van der Waals surface area contributed by atoms with Crippen LogP contribution in [0, 0.1) is 0 Å². The molecule has 10 heavy (non-hydrogen) atoms. The number of nitrogens with one attached hydrogen (secondary N) is 2. The average Bonchev–Trinajstić information content (AvgIpc) is 2.38. The second kappa shape index (κ2) is 2.95.